The Hall–Kier alpha value is -1.14. The second-order valence-electron chi connectivity index (χ2n) is 4.66. The lowest BCUT2D eigenvalue weighted by atomic mass is 10.1. The van der Waals surface area contributed by atoms with Gasteiger partial charge >= 0.3 is 0 Å². The predicted molar refractivity (Wildman–Crippen MR) is 79.7 cm³/mol. The summed E-state index contributed by atoms with van der Waals surface area (Å²) in [5, 5.41) is 3.44. The first kappa shape index (κ1) is 14.3. The van der Waals surface area contributed by atoms with E-state index in [-0.39, 0.29) is 0 Å². The van der Waals surface area contributed by atoms with Crippen molar-refractivity contribution in [2.75, 3.05) is 32.1 Å². The van der Waals surface area contributed by atoms with Crippen LogP contribution in [-0.4, -0.2) is 47.7 Å². The van der Waals surface area contributed by atoms with Gasteiger partial charge in [0, 0.05) is 36.2 Å². The van der Waals surface area contributed by atoms with Crippen LogP contribution < -0.4 is 10.1 Å². The van der Waals surface area contributed by atoms with E-state index in [1.807, 2.05) is 6.07 Å². The maximum Gasteiger partial charge on any atom is 0.218 e. The van der Waals surface area contributed by atoms with Crippen molar-refractivity contribution in [1.29, 1.82) is 0 Å². The summed E-state index contributed by atoms with van der Waals surface area (Å²) < 4.78 is 6.13. The molecule has 0 bridgehead atoms. The summed E-state index contributed by atoms with van der Waals surface area (Å²) in [7, 11) is 1.61. The van der Waals surface area contributed by atoms with Crippen LogP contribution in [0.2, 0.25) is 0 Å². The van der Waals surface area contributed by atoms with E-state index in [9.17, 15) is 0 Å². The standard InChI is InChI=1S/C13H19BrN4O/c1-10(14)8-18-5-3-11(4-6-18)17-12-7-13(19-2)16-9-15-12/h7,9,11H,1,3-6,8H2,2H3,(H,15,16,17). The number of halogens is 1. The molecule has 0 atom stereocenters. The number of hydrogen-bond acceptors (Lipinski definition) is 5. The van der Waals surface area contributed by atoms with Crippen LogP contribution in [0.15, 0.2) is 23.5 Å². The fourth-order valence-electron chi connectivity index (χ4n) is 2.22. The number of hydrogen-bond donors (Lipinski definition) is 1. The Kier molecular flexibility index (Phi) is 5.15. The van der Waals surface area contributed by atoms with E-state index >= 15 is 0 Å². The third-order valence-corrected chi connectivity index (χ3v) is 3.44. The van der Waals surface area contributed by atoms with Crippen molar-refractivity contribution < 1.29 is 4.74 Å². The van der Waals surface area contributed by atoms with Gasteiger partial charge in [0.05, 0.1) is 7.11 Å². The molecule has 2 heterocycles. The minimum atomic E-state index is 0.458. The third-order valence-electron chi connectivity index (χ3n) is 3.19. The molecule has 104 valence electrons. The van der Waals surface area contributed by atoms with E-state index in [0.717, 1.165) is 42.8 Å². The molecule has 0 saturated carbocycles. The molecular weight excluding hydrogens is 308 g/mol. The summed E-state index contributed by atoms with van der Waals surface area (Å²) in [4.78, 5) is 10.6. The average Bonchev–Trinajstić information content (AvgIpc) is 2.41. The lowest BCUT2D eigenvalue weighted by molar-refractivity contribution is 0.239. The van der Waals surface area contributed by atoms with Crippen LogP contribution in [0.3, 0.4) is 0 Å². The quantitative estimate of drug-likeness (QED) is 0.899. The van der Waals surface area contributed by atoms with Crippen molar-refractivity contribution in [2.45, 2.75) is 18.9 Å². The molecule has 0 spiro atoms. The van der Waals surface area contributed by atoms with Gasteiger partial charge in [-0.15, -0.1) is 0 Å². The summed E-state index contributed by atoms with van der Waals surface area (Å²) >= 11 is 3.41. The molecule has 1 aliphatic heterocycles. The Morgan fingerprint density at radius 1 is 1.53 bits per heavy atom. The molecule has 5 nitrogen and oxygen atoms in total. The van der Waals surface area contributed by atoms with Crippen molar-refractivity contribution >= 4 is 21.7 Å². The molecule has 0 unspecified atom stereocenters. The minimum absolute atomic E-state index is 0.458. The first-order valence-electron chi connectivity index (χ1n) is 6.35. The van der Waals surface area contributed by atoms with Gasteiger partial charge in [0.25, 0.3) is 0 Å². The van der Waals surface area contributed by atoms with Crippen LogP contribution in [0.5, 0.6) is 5.88 Å². The first-order chi connectivity index (χ1) is 9.17. The van der Waals surface area contributed by atoms with Crippen molar-refractivity contribution in [3.63, 3.8) is 0 Å². The molecule has 6 heteroatoms. The summed E-state index contributed by atoms with van der Waals surface area (Å²) in [5.41, 5.74) is 0. The summed E-state index contributed by atoms with van der Waals surface area (Å²) in [5.74, 6) is 1.42. The van der Waals surface area contributed by atoms with Gasteiger partial charge in [-0.3, -0.25) is 4.90 Å². The van der Waals surface area contributed by atoms with Gasteiger partial charge in [0.1, 0.15) is 12.1 Å². The topological polar surface area (TPSA) is 50.3 Å². The van der Waals surface area contributed by atoms with Crippen molar-refractivity contribution in [3.8, 4) is 5.88 Å². The highest BCUT2D eigenvalue weighted by Crippen LogP contribution is 2.18. The van der Waals surface area contributed by atoms with Gasteiger partial charge in [-0.25, -0.2) is 9.97 Å². The van der Waals surface area contributed by atoms with Crippen LogP contribution >= 0.6 is 15.9 Å². The van der Waals surface area contributed by atoms with Crippen LogP contribution in [0.25, 0.3) is 0 Å². The second-order valence-corrected chi connectivity index (χ2v) is 5.78. The molecule has 1 N–H and O–H groups in total. The van der Waals surface area contributed by atoms with Crippen molar-refractivity contribution in [2.24, 2.45) is 0 Å². The van der Waals surface area contributed by atoms with Gasteiger partial charge in [0.15, 0.2) is 0 Å². The lowest BCUT2D eigenvalue weighted by Gasteiger charge is -2.32. The van der Waals surface area contributed by atoms with Crippen LogP contribution in [0.1, 0.15) is 12.8 Å². The molecule has 0 amide bonds. The smallest absolute Gasteiger partial charge is 0.218 e. The Morgan fingerprint density at radius 3 is 2.89 bits per heavy atom. The van der Waals surface area contributed by atoms with Gasteiger partial charge in [-0.05, 0) is 12.8 Å². The van der Waals surface area contributed by atoms with Crippen LogP contribution in [0, 0.1) is 0 Å². The second kappa shape index (κ2) is 6.86. The maximum absolute atomic E-state index is 5.09. The van der Waals surface area contributed by atoms with Crippen LogP contribution in [0.4, 0.5) is 5.82 Å². The number of methoxy groups -OCH3 is 1. The molecule has 1 saturated heterocycles. The SMILES string of the molecule is C=C(Br)CN1CCC(Nc2cc(OC)ncn2)CC1. The maximum atomic E-state index is 5.09. The molecule has 0 aliphatic carbocycles. The normalized spacial score (nSPS) is 17.2. The van der Waals surface area contributed by atoms with E-state index in [1.54, 1.807) is 7.11 Å². The molecule has 2 rings (SSSR count). The number of rotatable bonds is 5. The van der Waals surface area contributed by atoms with Gasteiger partial charge in [0.2, 0.25) is 5.88 Å². The molecule has 1 aromatic rings. The van der Waals surface area contributed by atoms with Crippen molar-refractivity contribution in [1.82, 2.24) is 14.9 Å². The highest BCUT2D eigenvalue weighted by molar-refractivity contribution is 9.11. The number of likely N-dealkylation sites (tertiary alicyclic amines) is 1. The molecular formula is C13H19BrN4O. The highest BCUT2D eigenvalue weighted by atomic mass is 79.9. The predicted octanol–water partition coefficient (Wildman–Crippen LogP) is 2.27. The van der Waals surface area contributed by atoms with Gasteiger partial charge in [-0.2, -0.15) is 0 Å². The Labute approximate surface area is 122 Å². The number of aromatic nitrogens is 2. The molecule has 1 aromatic heterocycles. The molecule has 0 aromatic carbocycles. The Bertz CT molecular complexity index is 432. The zero-order valence-electron chi connectivity index (χ0n) is 11.1. The fourth-order valence-corrected chi connectivity index (χ4v) is 2.57. The molecule has 1 fully saturated rings. The summed E-state index contributed by atoms with van der Waals surface area (Å²) in [6, 6.07) is 2.28. The van der Waals surface area contributed by atoms with Gasteiger partial charge < -0.3 is 10.1 Å². The van der Waals surface area contributed by atoms with Crippen molar-refractivity contribution in [3.05, 3.63) is 23.5 Å². The zero-order chi connectivity index (χ0) is 13.7. The fraction of sp³-hybridized carbons (Fsp3) is 0.538. The van der Waals surface area contributed by atoms with E-state index in [1.165, 1.54) is 6.33 Å². The largest absolute Gasteiger partial charge is 0.481 e. The Balaban J connectivity index is 1.83. The molecule has 19 heavy (non-hydrogen) atoms. The number of ether oxygens (including phenoxy) is 1. The zero-order valence-corrected chi connectivity index (χ0v) is 12.7. The lowest BCUT2D eigenvalue weighted by Crippen LogP contribution is -2.39. The van der Waals surface area contributed by atoms with E-state index < -0.39 is 0 Å². The van der Waals surface area contributed by atoms with Crippen LogP contribution in [-0.2, 0) is 0 Å². The molecule has 1 aliphatic rings. The summed E-state index contributed by atoms with van der Waals surface area (Å²) in [6.07, 6.45) is 3.73. The van der Waals surface area contributed by atoms with E-state index in [0.29, 0.717) is 11.9 Å². The monoisotopic (exact) mass is 326 g/mol. The van der Waals surface area contributed by atoms with Gasteiger partial charge in [-0.1, -0.05) is 22.5 Å². The number of nitrogens with one attached hydrogen (secondary N) is 1. The number of anilines is 1. The minimum Gasteiger partial charge on any atom is -0.481 e. The first-order valence-corrected chi connectivity index (χ1v) is 7.15. The Morgan fingerprint density at radius 2 is 2.26 bits per heavy atom. The summed E-state index contributed by atoms with van der Waals surface area (Å²) in [6.45, 7) is 6.96. The third kappa shape index (κ3) is 4.47. The number of piperidine rings is 1. The average molecular weight is 327 g/mol. The van der Waals surface area contributed by atoms with E-state index in [2.05, 4.69) is 42.7 Å². The highest BCUT2D eigenvalue weighted by Gasteiger charge is 2.19. The molecule has 0 radical (unpaired) electrons. The number of nitrogens with zero attached hydrogens (tertiary/aromatic N) is 3. The van der Waals surface area contributed by atoms with E-state index in [4.69, 9.17) is 4.74 Å².